The molecule has 2 bridgehead atoms. The molecule has 5 rings (SSSR count). The van der Waals surface area contributed by atoms with E-state index in [2.05, 4.69) is 13.0 Å². The summed E-state index contributed by atoms with van der Waals surface area (Å²) in [5.74, 6) is 4.64. The van der Waals surface area contributed by atoms with Gasteiger partial charge in [0.05, 0.1) is 0 Å². The Hall–Kier alpha value is -0.260. The minimum Gasteiger partial charge on any atom is -0.0844 e. The Morgan fingerprint density at radius 2 is 2.21 bits per heavy atom. The zero-order valence-electron chi connectivity index (χ0n) is 8.92. The Morgan fingerprint density at radius 3 is 2.79 bits per heavy atom. The number of rotatable bonds is 1. The zero-order valence-corrected chi connectivity index (χ0v) is 8.92. The Balaban J connectivity index is 1.72. The van der Waals surface area contributed by atoms with Gasteiger partial charge in [0, 0.05) is 0 Å². The molecule has 0 amide bonds. The minimum absolute atomic E-state index is 0.775. The predicted molar refractivity (Wildman–Crippen MR) is 55.7 cm³/mol. The van der Waals surface area contributed by atoms with Gasteiger partial charge < -0.3 is 0 Å². The van der Waals surface area contributed by atoms with Crippen molar-refractivity contribution in [1.82, 2.24) is 0 Å². The Labute approximate surface area is 85.8 Å². The second-order valence-corrected chi connectivity index (χ2v) is 6.88. The molecule has 5 aliphatic carbocycles. The van der Waals surface area contributed by atoms with Crippen molar-refractivity contribution >= 4 is 0 Å². The molecule has 6 unspecified atom stereocenters. The first-order valence-corrected chi connectivity index (χ1v) is 6.46. The van der Waals surface area contributed by atoms with Crippen molar-refractivity contribution in [3.8, 4) is 0 Å². The van der Waals surface area contributed by atoms with Crippen LogP contribution in [0.3, 0.4) is 0 Å². The summed E-state index contributed by atoms with van der Waals surface area (Å²) >= 11 is 0. The van der Waals surface area contributed by atoms with E-state index in [0.29, 0.717) is 0 Å². The van der Waals surface area contributed by atoms with Gasteiger partial charge in [-0.05, 0) is 66.6 Å². The Morgan fingerprint density at radius 1 is 1.36 bits per heavy atom. The molecule has 0 heterocycles. The molecule has 4 fully saturated rings. The molecular weight excluding hydrogens is 168 g/mol. The van der Waals surface area contributed by atoms with E-state index < -0.39 is 0 Å². The second-order valence-electron chi connectivity index (χ2n) is 6.88. The maximum absolute atomic E-state index is 2.62. The Kier molecular flexibility index (Phi) is 0.829. The van der Waals surface area contributed by atoms with E-state index in [1.54, 1.807) is 19.3 Å². The van der Waals surface area contributed by atoms with Crippen LogP contribution in [0, 0.1) is 34.5 Å². The average molecular weight is 186 g/mol. The monoisotopic (exact) mass is 186 g/mol. The molecule has 0 heteroatoms. The van der Waals surface area contributed by atoms with Crippen molar-refractivity contribution in [3.05, 3.63) is 11.6 Å². The number of allylic oxidation sites excluding steroid dienone is 2. The molecule has 0 nitrogen and oxygen atoms in total. The van der Waals surface area contributed by atoms with E-state index in [4.69, 9.17) is 0 Å². The lowest BCUT2D eigenvalue weighted by Gasteiger charge is -2.43. The van der Waals surface area contributed by atoms with Crippen LogP contribution in [0.1, 0.15) is 39.0 Å². The first-order valence-electron chi connectivity index (χ1n) is 6.46. The zero-order chi connectivity index (χ0) is 9.13. The highest BCUT2D eigenvalue weighted by molar-refractivity contribution is 5.40. The molecule has 0 saturated heterocycles. The fourth-order valence-corrected chi connectivity index (χ4v) is 6.52. The molecule has 6 atom stereocenters. The molecule has 0 radical (unpaired) electrons. The van der Waals surface area contributed by atoms with E-state index in [9.17, 15) is 0 Å². The summed E-state index contributed by atoms with van der Waals surface area (Å²) in [6.45, 7) is 2.62. The fourth-order valence-electron chi connectivity index (χ4n) is 6.52. The summed E-state index contributed by atoms with van der Waals surface area (Å²) in [6.07, 6.45) is 10.2. The molecule has 0 aromatic heterocycles. The van der Waals surface area contributed by atoms with Gasteiger partial charge >= 0.3 is 0 Å². The van der Waals surface area contributed by atoms with E-state index in [1.165, 1.54) is 24.7 Å². The summed E-state index contributed by atoms with van der Waals surface area (Å²) < 4.78 is 0. The number of hydrogen-bond donors (Lipinski definition) is 0. The molecule has 0 aromatic carbocycles. The lowest BCUT2D eigenvalue weighted by atomic mass is 9.61. The molecule has 14 heavy (non-hydrogen) atoms. The van der Waals surface area contributed by atoms with Gasteiger partial charge in [-0.3, -0.25) is 0 Å². The number of fused-ring (bicyclic) bond motifs is 3. The first-order chi connectivity index (χ1) is 6.77. The van der Waals surface area contributed by atoms with E-state index in [0.717, 1.165) is 22.7 Å². The average Bonchev–Trinajstić information content (AvgIpc) is 2.33. The van der Waals surface area contributed by atoms with Gasteiger partial charge in [-0.2, -0.15) is 0 Å². The first kappa shape index (κ1) is 7.09. The van der Waals surface area contributed by atoms with Gasteiger partial charge in [0.25, 0.3) is 0 Å². The third-order valence-corrected chi connectivity index (χ3v) is 6.96. The van der Waals surface area contributed by atoms with Crippen molar-refractivity contribution in [2.45, 2.75) is 39.0 Å². The molecule has 0 N–H and O–H groups in total. The SMILES string of the molecule is CC12C3CC4(C5=CCC5)CC(CC41)C32. The van der Waals surface area contributed by atoms with Crippen LogP contribution in [-0.4, -0.2) is 0 Å². The summed E-state index contributed by atoms with van der Waals surface area (Å²) in [7, 11) is 0. The Bertz CT molecular complexity index is 377. The highest BCUT2D eigenvalue weighted by Crippen LogP contribution is 2.91. The smallest absolute Gasteiger partial charge is 0.00486 e. The second kappa shape index (κ2) is 1.64. The largest absolute Gasteiger partial charge is 0.0844 e. The maximum Gasteiger partial charge on any atom is -0.00486 e. The predicted octanol–water partition coefficient (Wildman–Crippen LogP) is 3.39. The molecule has 0 aromatic rings. The van der Waals surface area contributed by atoms with Gasteiger partial charge in [-0.25, -0.2) is 0 Å². The van der Waals surface area contributed by atoms with E-state index in [-0.39, 0.29) is 0 Å². The normalized spacial score (nSPS) is 70.8. The van der Waals surface area contributed by atoms with E-state index >= 15 is 0 Å². The molecule has 0 spiro atoms. The van der Waals surface area contributed by atoms with Gasteiger partial charge in [0.2, 0.25) is 0 Å². The summed E-state index contributed by atoms with van der Waals surface area (Å²) in [4.78, 5) is 0. The molecular formula is C14H18. The highest BCUT2D eigenvalue weighted by atomic mass is 14.9. The van der Waals surface area contributed by atoms with Gasteiger partial charge in [-0.15, -0.1) is 0 Å². The van der Waals surface area contributed by atoms with Gasteiger partial charge in [0.1, 0.15) is 0 Å². The fraction of sp³-hybridized carbons (Fsp3) is 0.857. The highest BCUT2D eigenvalue weighted by Gasteiger charge is 2.84. The van der Waals surface area contributed by atoms with Crippen LogP contribution in [0.5, 0.6) is 0 Å². The number of hydrogen-bond acceptors (Lipinski definition) is 0. The van der Waals surface area contributed by atoms with Crippen LogP contribution in [0.4, 0.5) is 0 Å². The van der Waals surface area contributed by atoms with E-state index in [1.807, 2.05) is 5.57 Å². The summed E-state index contributed by atoms with van der Waals surface area (Å²) in [6, 6.07) is 0. The van der Waals surface area contributed by atoms with Crippen LogP contribution < -0.4 is 0 Å². The van der Waals surface area contributed by atoms with Crippen LogP contribution in [0.15, 0.2) is 11.6 Å². The van der Waals surface area contributed by atoms with Gasteiger partial charge in [-0.1, -0.05) is 18.6 Å². The third-order valence-electron chi connectivity index (χ3n) is 6.96. The molecule has 0 aliphatic heterocycles. The summed E-state index contributed by atoms with van der Waals surface area (Å²) in [5, 5.41) is 0. The van der Waals surface area contributed by atoms with Crippen LogP contribution in [0.2, 0.25) is 0 Å². The molecule has 5 aliphatic rings. The maximum atomic E-state index is 2.62. The van der Waals surface area contributed by atoms with Crippen molar-refractivity contribution in [1.29, 1.82) is 0 Å². The topological polar surface area (TPSA) is 0 Å². The lowest BCUT2D eigenvalue weighted by Crippen LogP contribution is -2.34. The van der Waals surface area contributed by atoms with Crippen molar-refractivity contribution < 1.29 is 0 Å². The molecule has 74 valence electrons. The van der Waals surface area contributed by atoms with Crippen molar-refractivity contribution in [3.63, 3.8) is 0 Å². The van der Waals surface area contributed by atoms with Crippen LogP contribution >= 0.6 is 0 Å². The van der Waals surface area contributed by atoms with Crippen molar-refractivity contribution in [2.24, 2.45) is 34.5 Å². The lowest BCUT2D eigenvalue weighted by molar-refractivity contribution is 0.154. The van der Waals surface area contributed by atoms with Crippen LogP contribution in [-0.2, 0) is 0 Å². The standard InChI is InChI=1S/C14H18/c1-13-10-7-14(9-3-2-4-9)6-8(12(10)13)5-11(13)14/h3,8,10-12H,2,4-7H2,1H3. The minimum atomic E-state index is 0.775. The quantitative estimate of drug-likeness (QED) is 0.551. The summed E-state index contributed by atoms with van der Waals surface area (Å²) in [5.41, 5.74) is 3.52. The van der Waals surface area contributed by atoms with Gasteiger partial charge in [0.15, 0.2) is 0 Å². The van der Waals surface area contributed by atoms with Crippen molar-refractivity contribution in [2.75, 3.05) is 0 Å². The van der Waals surface area contributed by atoms with Crippen LogP contribution in [0.25, 0.3) is 0 Å². The third kappa shape index (κ3) is 0.436. The molecule has 4 saturated carbocycles.